The molecule has 0 spiro atoms. The summed E-state index contributed by atoms with van der Waals surface area (Å²) < 4.78 is 6.69. The molecular weight excluding hydrogens is 566 g/mol. The lowest BCUT2D eigenvalue weighted by molar-refractivity contribution is -0.384. The second kappa shape index (κ2) is 18.9. The Balaban J connectivity index is 1.77. The average molecular weight is 620 g/mol. The largest absolute Gasteiger partial charge is 0.375 e. The third kappa shape index (κ3) is 11.8. The van der Waals surface area contributed by atoms with Crippen molar-refractivity contribution in [1.29, 1.82) is 0 Å². The van der Waals surface area contributed by atoms with Gasteiger partial charge in [-0.3, -0.25) is 19.7 Å². The third-order valence-electron chi connectivity index (χ3n) is 8.05. The van der Waals surface area contributed by atoms with E-state index in [9.17, 15) is 19.7 Å². The van der Waals surface area contributed by atoms with Crippen LogP contribution in [0.5, 0.6) is 0 Å². The number of nitro benzene ring substituents is 1. The van der Waals surface area contributed by atoms with Gasteiger partial charge < -0.3 is 9.42 Å². The first-order valence-corrected chi connectivity index (χ1v) is 16.9. The monoisotopic (exact) mass is 619 g/mol. The van der Waals surface area contributed by atoms with Crippen LogP contribution in [0.4, 0.5) is 5.69 Å². The van der Waals surface area contributed by atoms with Gasteiger partial charge in [-0.25, -0.2) is 0 Å². The van der Waals surface area contributed by atoms with E-state index in [-0.39, 0.29) is 34.3 Å². The van der Waals surface area contributed by atoms with Gasteiger partial charge >= 0.3 is 0 Å². The summed E-state index contributed by atoms with van der Waals surface area (Å²) in [6.07, 6.45) is 20.6. The number of amides is 1. The number of nitrogens with zero attached hydrogens (tertiary/aromatic N) is 3. The van der Waals surface area contributed by atoms with E-state index in [0.29, 0.717) is 12.3 Å². The van der Waals surface area contributed by atoms with Crippen LogP contribution >= 0.6 is 11.6 Å². The number of alkyl halides is 1. The number of carbonyl (C=O) groups is 1. The number of rotatable bonds is 21. The zero-order valence-electron chi connectivity index (χ0n) is 27.2. The Kier molecular flexibility index (Phi) is 16.1. The summed E-state index contributed by atoms with van der Waals surface area (Å²) in [7, 11) is 1.71. The zero-order valence-corrected chi connectivity index (χ0v) is 28.0. The van der Waals surface area contributed by atoms with Gasteiger partial charge in [0, 0.05) is 30.6 Å². The Morgan fingerprint density at radius 2 is 1.40 bits per heavy atom. The van der Waals surface area contributed by atoms with Crippen molar-refractivity contribution in [2.45, 2.75) is 142 Å². The summed E-state index contributed by atoms with van der Waals surface area (Å²) in [4.78, 5) is 39.0. The maximum Gasteiger partial charge on any atom is 0.297 e. The van der Waals surface area contributed by atoms with Crippen LogP contribution in [0.15, 0.2) is 27.5 Å². The fourth-order valence-electron chi connectivity index (χ4n) is 5.47. The van der Waals surface area contributed by atoms with E-state index in [1.54, 1.807) is 11.9 Å². The van der Waals surface area contributed by atoms with E-state index in [1.165, 1.54) is 102 Å². The molecule has 0 aliphatic carbocycles. The van der Waals surface area contributed by atoms with Crippen LogP contribution in [0.1, 0.15) is 152 Å². The third-order valence-corrected chi connectivity index (χ3v) is 8.31. The van der Waals surface area contributed by atoms with Crippen molar-refractivity contribution >= 4 is 23.2 Å². The minimum atomic E-state index is -0.603. The van der Waals surface area contributed by atoms with Gasteiger partial charge in [0.15, 0.2) is 5.69 Å². The van der Waals surface area contributed by atoms with Crippen LogP contribution < -0.4 is 5.56 Å². The number of nitro groups is 1. The van der Waals surface area contributed by atoms with Crippen LogP contribution in [0, 0.1) is 10.1 Å². The molecule has 1 heterocycles. The second-order valence-electron chi connectivity index (χ2n) is 12.9. The molecule has 0 saturated carbocycles. The van der Waals surface area contributed by atoms with Crippen molar-refractivity contribution < 1.29 is 14.2 Å². The second-order valence-corrected chi connectivity index (χ2v) is 13.1. The van der Waals surface area contributed by atoms with Crippen molar-refractivity contribution in [2.24, 2.45) is 0 Å². The Bertz CT molecular complexity index is 1200. The number of halogens is 1. The average Bonchev–Trinajstić information content (AvgIpc) is 3.32. The van der Waals surface area contributed by atoms with Gasteiger partial charge in [0.25, 0.3) is 17.2 Å². The van der Waals surface area contributed by atoms with Crippen molar-refractivity contribution in [3.8, 4) is 5.69 Å². The molecule has 2 rings (SSSR count). The van der Waals surface area contributed by atoms with Crippen LogP contribution in [0.25, 0.3) is 5.69 Å². The quantitative estimate of drug-likeness (QED) is 0.0599. The molecule has 1 aromatic carbocycles. The number of benzene rings is 1. The van der Waals surface area contributed by atoms with E-state index in [1.807, 2.05) is 20.8 Å². The van der Waals surface area contributed by atoms with Gasteiger partial charge in [0.05, 0.1) is 16.4 Å². The predicted molar refractivity (Wildman–Crippen MR) is 176 cm³/mol. The topological polar surface area (TPSA) is 98.6 Å². The number of hydrogen-bond acceptors (Lipinski definition) is 5. The number of aromatic nitrogens is 1. The highest BCUT2D eigenvalue weighted by molar-refractivity contribution is 6.17. The molecule has 0 fully saturated rings. The molecule has 1 aromatic heterocycles. The van der Waals surface area contributed by atoms with Crippen LogP contribution in [-0.4, -0.2) is 34.1 Å². The number of hydrogen-bond donors (Lipinski definition) is 0. The Hall–Kier alpha value is -2.61. The molecule has 8 nitrogen and oxygen atoms in total. The van der Waals surface area contributed by atoms with Crippen molar-refractivity contribution in [2.75, 3.05) is 13.6 Å². The normalized spacial score (nSPS) is 11.7. The minimum absolute atomic E-state index is 0.0334. The summed E-state index contributed by atoms with van der Waals surface area (Å²) in [5.41, 5.74) is -1.00. The van der Waals surface area contributed by atoms with E-state index >= 15 is 0 Å². The van der Waals surface area contributed by atoms with Crippen molar-refractivity contribution in [3.63, 3.8) is 0 Å². The van der Waals surface area contributed by atoms with Crippen LogP contribution in [0.2, 0.25) is 0 Å². The van der Waals surface area contributed by atoms with Crippen molar-refractivity contribution in [3.05, 3.63) is 55.6 Å². The first kappa shape index (κ1) is 36.6. The zero-order chi connectivity index (χ0) is 31.8. The Labute approximate surface area is 263 Å². The Morgan fingerprint density at radius 1 is 0.907 bits per heavy atom. The molecule has 1 amide bonds. The molecule has 0 bridgehead atoms. The molecule has 242 valence electrons. The summed E-state index contributed by atoms with van der Waals surface area (Å²) in [6.45, 7) is 8.46. The van der Waals surface area contributed by atoms with E-state index in [4.69, 9.17) is 16.1 Å². The fourth-order valence-corrected chi connectivity index (χ4v) is 5.70. The SMILES string of the molecule is CCCCCCCCCCCCCCCCCCN(C)C(=O)c1ccc(-n2oc(C(C)(C)C)c(CCl)c2=O)c([N+](=O)[O-])c1. The van der Waals surface area contributed by atoms with E-state index in [0.717, 1.165) is 24.0 Å². The molecule has 0 saturated heterocycles. The van der Waals surface area contributed by atoms with Crippen LogP contribution in [-0.2, 0) is 11.3 Å². The molecule has 0 unspecified atom stereocenters. The van der Waals surface area contributed by atoms with Crippen LogP contribution in [0.3, 0.4) is 0 Å². The molecule has 9 heteroatoms. The maximum atomic E-state index is 13.1. The fraction of sp³-hybridized carbons (Fsp3) is 0.706. The van der Waals surface area contributed by atoms with Gasteiger partial charge in [0.1, 0.15) is 5.76 Å². The smallest absolute Gasteiger partial charge is 0.297 e. The standard InChI is InChI=1S/C34H54ClN3O5/c1-6-7-8-9-10-11-12-13-14-15-16-17-18-19-20-21-24-36(5)32(39)27-22-23-29(30(25-27)38(41)42)37-33(40)28(26-35)31(43-37)34(2,3)4/h22-23,25H,6-21,24,26H2,1-5H3. The highest BCUT2D eigenvalue weighted by atomic mass is 35.5. The highest BCUT2D eigenvalue weighted by Gasteiger charge is 2.30. The number of carbonyl (C=O) groups excluding carboxylic acids is 1. The Morgan fingerprint density at radius 3 is 1.81 bits per heavy atom. The van der Waals surface area contributed by atoms with E-state index in [2.05, 4.69) is 6.92 Å². The predicted octanol–water partition coefficient (Wildman–Crippen LogP) is 9.71. The molecule has 0 aliphatic heterocycles. The van der Waals surface area contributed by atoms with Gasteiger partial charge in [-0.2, -0.15) is 0 Å². The molecular formula is C34H54ClN3O5. The molecule has 0 N–H and O–H groups in total. The molecule has 2 aromatic rings. The van der Waals surface area contributed by atoms with Gasteiger partial charge in [-0.05, 0) is 18.6 Å². The van der Waals surface area contributed by atoms with Gasteiger partial charge in [0.2, 0.25) is 0 Å². The van der Waals surface area contributed by atoms with Gasteiger partial charge in [-0.15, -0.1) is 16.3 Å². The summed E-state index contributed by atoms with van der Waals surface area (Å²) >= 11 is 6.01. The summed E-state index contributed by atoms with van der Waals surface area (Å²) in [5, 5.41) is 11.9. The first-order valence-electron chi connectivity index (χ1n) is 16.4. The molecule has 0 radical (unpaired) electrons. The number of unbranched alkanes of at least 4 members (excludes halogenated alkanes) is 15. The molecule has 43 heavy (non-hydrogen) atoms. The van der Waals surface area contributed by atoms with E-state index < -0.39 is 15.9 Å². The summed E-state index contributed by atoms with van der Waals surface area (Å²) in [6, 6.07) is 4.11. The lowest BCUT2D eigenvalue weighted by Gasteiger charge is -2.17. The van der Waals surface area contributed by atoms with Gasteiger partial charge in [-0.1, -0.05) is 124 Å². The lowest BCUT2D eigenvalue weighted by Crippen LogP contribution is -2.28. The maximum absolute atomic E-state index is 13.1. The van der Waals surface area contributed by atoms with Crippen molar-refractivity contribution in [1.82, 2.24) is 9.64 Å². The lowest BCUT2D eigenvalue weighted by atomic mass is 9.91. The molecule has 0 atom stereocenters. The highest BCUT2D eigenvalue weighted by Crippen LogP contribution is 2.30. The first-order chi connectivity index (χ1) is 20.5. The summed E-state index contributed by atoms with van der Waals surface area (Å²) in [5.74, 6) is 0.0101. The minimum Gasteiger partial charge on any atom is -0.375 e. The molecule has 0 aliphatic rings.